The van der Waals surface area contributed by atoms with Crippen molar-refractivity contribution in [3.05, 3.63) is 59.2 Å². The maximum atomic E-state index is 14.3. The van der Waals surface area contributed by atoms with Gasteiger partial charge in [-0.3, -0.25) is 4.79 Å². The lowest BCUT2D eigenvalue weighted by molar-refractivity contribution is -0.140. The van der Waals surface area contributed by atoms with Crippen LogP contribution in [0.15, 0.2) is 36.7 Å². The van der Waals surface area contributed by atoms with Crippen molar-refractivity contribution >= 4 is 34.2 Å². The van der Waals surface area contributed by atoms with Crippen molar-refractivity contribution in [1.29, 1.82) is 0 Å². The van der Waals surface area contributed by atoms with E-state index in [0.29, 0.717) is 35.9 Å². The number of alkyl halides is 3. The van der Waals surface area contributed by atoms with Crippen molar-refractivity contribution in [1.82, 2.24) is 19.2 Å². The van der Waals surface area contributed by atoms with Crippen molar-refractivity contribution in [3.63, 3.8) is 0 Å². The molecule has 2 aromatic heterocycles. The molecule has 0 saturated carbocycles. The molecular formula is C20H18F4N6OS. The highest BCUT2D eigenvalue weighted by molar-refractivity contribution is 7.09. The van der Waals surface area contributed by atoms with E-state index in [9.17, 15) is 22.4 Å². The zero-order chi connectivity index (χ0) is 22.9. The van der Waals surface area contributed by atoms with E-state index < -0.39 is 29.0 Å². The highest BCUT2D eigenvalue weighted by Crippen LogP contribution is 2.33. The molecule has 0 atom stereocenters. The van der Waals surface area contributed by atoms with E-state index in [0.717, 1.165) is 17.7 Å². The number of hydrogen-bond donors (Lipinski definition) is 1. The van der Waals surface area contributed by atoms with Crippen LogP contribution in [0.3, 0.4) is 0 Å². The van der Waals surface area contributed by atoms with Crippen LogP contribution in [0.5, 0.6) is 0 Å². The van der Waals surface area contributed by atoms with Crippen LogP contribution in [0.4, 0.5) is 34.3 Å². The number of pyridine rings is 1. The summed E-state index contributed by atoms with van der Waals surface area (Å²) in [5.41, 5.74) is -1.11. The molecule has 4 rings (SSSR count). The molecule has 32 heavy (non-hydrogen) atoms. The Kier molecular flexibility index (Phi) is 5.96. The third-order valence-electron chi connectivity index (χ3n) is 5.09. The number of carbonyl (C=O) groups excluding carboxylic acids is 1. The van der Waals surface area contributed by atoms with Gasteiger partial charge in [-0.05, 0) is 30.7 Å². The molecule has 3 heterocycles. The van der Waals surface area contributed by atoms with E-state index in [1.165, 1.54) is 22.8 Å². The second-order valence-corrected chi connectivity index (χ2v) is 7.93. The van der Waals surface area contributed by atoms with E-state index in [2.05, 4.69) is 19.7 Å². The smallest absolute Gasteiger partial charge is 0.353 e. The van der Waals surface area contributed by atoms with E-state index in [1.807, 2.05) is 24.0 Å². The first-order chi connectivity index (χ1) is 15.2. The number of anilines is 3. The van der Waals surface area contributed by atoms with Gasteiger partial charge in [-0.2, -0.15) is 17.5 Å². The lowest BCUT2D eigenvalue weighted by Crippen LogP contribution is -2.49. The molecule has 0 unspecified atom stereocenters. The number of amides is 1. The van der Waals surface area contributed by atoms with Gasteiger partial charge in [-0.1, -0.05) is 12.1 Å². The Bertz CT molecular complexity index is 1110. The number of hydrogen-bond acceptors (Lipinski definition) is 7. The molecule has 1 amide bonds. The first kappa shape index (κ1) is 21.9. The van der Waals surface area contributed by atoms with Crippen LogP contribution in [0, 0.1) is 12.7 Å². The Morgan fingerprint density at radius 3 is 2.53 bits per heavy atom. The Balaban J connectivity index is 1.45. The van der Waals surface area contributed by atoms with Gasteiger partial charge in [0.1, 0.15) is 23.8 Å². The molecule has 1 N–H and O–H groups in total. The quantitative estimate of drug-likeness (QED) is 0.584. The fraction of sp³-hybridized carbons (Fsp3) is 0.300. The lowest BCUT2D eigenvalue weighted by atomic mass is 10.1. The average Bonchev–Trinajstić information content (AvgIpc) is 3.27. The number of rotatable bonds is 4. The van der Waals surface area contributed by atoms with E-state index in [1.54, 1.807) is 0 Å². The minimum atomic E-state index is -4.86. The molecule has 168 valence electrons. The second kappa shape index (κ2) is 8.69. The van der Waals surface area contributed by atoms with E-state index >= 15 is 0 Å². The van der Waals surface area contributed by atoms with Gasteiger partial charge < -0.3 is 15.1 Å². The summed E-state index contributed by atoms with van der Waals surface area (Å²) in [4.78, 5) is 24.7. The fourth-order valence-electron chi connectivity index (χ4n) is 3.38. The van der Waals surface area contributed by atoms with Crippen molar-refractivity contribution in [3.8, 4) is 0 Å². The highest BCUT2D eigenvalue weighted by Gasteiger charge is 2.36. The number of carbonyl (C=O) groups is 1. The molecule has 1 saturated heterocycles. The number of halogens is 4. The van der Waals surface area contributed by atoms with Crippen LogP contribution in [0.2, 0.25) is 0 Å². The van der Waals surface area contributed by atoms with E-state index in [4.69, 9.17) is 0 Å². The van der Waals surface area contributed by atoms with Crippen LogP contribution < -0.4 is 10.2 Å². The van der Waals surface area contributed by atoms with Gasteiger partial charge in [0.2, 0.25) is 5.13 Å². The molecule has 0 bridgehead atoms. The van der Waals surface area contributed by atoms with Crippen LogP contribution >= 0.6 is 11.5 Å². The van der Waals surface area contributed by atoms with Crippen LogP contribution in [0.25, 0.3) is 0 Å². The number of benzene rings is 1. The zero-order valence-corrected chi connectivity index (χ0v) is 17.7. The number of piperazine rings is 1. The minimum absolute atomic E-state index is 0.225. The molecule has 1 aromatic carbocycles. The summed E-state index contributed by atoms with van der Waals surface area (Å²) in [6.45, 7) is 3.16. The summed E-state index contributed by atoms with van der Waals surface area (Å²) in [6, 6.07) is 6.50. The standard InChI is InChI=1S/C20H18F4N6OS/c1-12-5-6-15(27-17(12)28-19-25-11-26-32-19)29-7-9-30(10-8-29)18(31)13-3-2-4-14(16(13)21)20(22,23)24/h2-6,11H,7-10H2,1H3,(H,25,26,27,28). The topological polar surface area (TPSA) is 74.2 Å². The summed E-state index contributed by atoms with van der Waals surface area (Å²) in [7, 11) is 0. The second-order valence-electron chi connectivity index (χ2n) is 7.15. The van der Waals surface area contributed by atoms with Gasteiger partial charge in [0, 0.05) is 37.7 Å². The third kappa shape index (κ3) is 4.49. The largest absolute Gasteiger partial charge is 0.419 e. The fourth-order valence-corrected chi connectivity index (χ4v) is 3.81. The number of nitrogens with one attached hydrogen (secondary N) is 1. The number of aryl methyl sites for hydroxylation is 1. The first-order valence-corrected chi connectivity index (χ1v) is 10.4. The Morgan fingerprint density at radius 1 is 1.12 bits per heavy atom. The van der Waals surface area contributed by atoms with Crippen molar-refractivity contribution in [2.75, 3.05) is 36.4 Å². The Hall–Kier alpha value is -3.28. The highest BCUT2D eigenvalue weighted by atomic mass is 32.1. The summed E-state index contributed by atoms with van der Waals surface area (Å²) < 4.78 is 57.2. The van der Waals surface area contributed by atoms with Crippen LogP contribution in [-0.2, 0) is 6.18 Å². The summed E-state index contributed by atoms with van der Waals surface area (Å²) in [5.74, 6) is -0.993. The summed E-state index contributed by atoms with van der Waals surface area (Å²) >= 11 is 1.20. The molecule has 12 heteroatoms. The molecular weight excluding hydrogens is 448 g/mol. The Labute approximate surface area is 184 Å². The van der Waals surface area contributed by atoms with Gasteiger partial charge in [-0.25, -0.2) is 14.4 Å². The number of nitrogens with zero attached hydrogens (tertiary/aromatic N) is 5. The first-order valence-electron chi connectivity index (χ1n) is 9.65. The average molecular weight is 466 g/mol. The molecule has 7 nitrogen and oxygen atoms in total. The summed E-state index contributed by atoms with van der Waals surface area (Å²) in [6.07, 6.45) is -3.42. The predicted molar refractivity (Wildman–Crippen MR) is 112 cm³/mol. The van der Waals surface area contributed by atoms with Crippen molar-refractivity contribution in [2.24, 2.45) is 0 Å². The maximum absolute atomic E-state index is 14.3. The third-order valence-corrected chi connectivity index (χ3v) is 5.67. The van der Waals surface area contributed by atoms with E-state index in [-0.39, 0.29) is 13.1 Å². The van der Waals surface area contributed by atoms with Gasteiger partial charge in [0.25, 0.3) is 5.91 Å². The molecule has 1 aliphatic rings. The Morgan fingerprint density at radius 2 is 1.88 bits per heavy atom. The van der Waals surface area contributed by atoms with Gasteiger partial charge >= 0.3 is 6.18 Å². The predicted octanol–water partition coefficient (Wildman–Crippen LogP) is 4.11. The van der Waals surface area contributed by atoms with Gasteiger partial charge in [-0.15, -0.1) is 0 Å². The molecule has 0 aliphatic carbocycles. The zero-order valence-electron chi connectivity index (χ0n) is 16.9. The van der Waals surface area contributed by atoms with Crippen molar-refractivity contribution in [2.45, 2.75) is 13.1 Å². The summed E-state index contributed by atoms with van der Waals surface area (Å²) in [5, 5.41) is 3.72. The molecule has 1 aliphatic heterocycles. The van der Waals surface area contributed by atoms with Crippen LogP contribution in [-0.4, -0.2) is 51.3 Å². The maximum Gasteiger partial charge on any atom is 0.419 e. The SMILES string of the molecule is Cc1ccc(N2CCN(C(=O)c3cccc(C(F)(F)F)c3F)CC2)nc1Nc1ncns1. The van der Waals surface area contributed by atoms with Crippen LogP contribution in [0.1, 0.15) is 21.5 Å². The molecule has 0 spiro atoms. The monoisotopic (exact) mass is 466 g/mol. The van der Waals surface area contributed by atoms with Gasteiger partial charge in [0.05, 0.1) is 11.1 Å². The van der Waals surface area contributed by atoms with Crippen molar-refractivity contribution < 1.29 is 22.4 Å². The molecule has 3 aromatic rings. The number of aromatic nitrogens is 3. The normalized spacial score (nSPS) is 14.5. The molecule has 1 fully saturated rings. The molecule has 0 radical (unpaired) electrons. The lowest BCUT2D eigenvalue weighted by Gasteiger charge is -2.35. The minimum Gasteiger partial charge on any atom is -0.353 e. The van der Waals surface area contributed by atoms with Gasteiger partial charge in [0.15, 0.2) is 0 Å².